The van der Waals surface area contributed by atoms with E-state index in [0.29, 0.717) is 18.7 Å². The molecule has 1 aromatic rings. The molecule has 0 saturated carbocycles. The Labute approximate surface area is 105 Å². The zero-order chi connectivity index (χ0) is 13.5. The van der Waals surface area contributed by atoms with E-state index in [1.807, 2.05) is 6.92 Å². The average molecular weight is 250 g/mol. The minimum atomic E-state index is -0.577. The largest absolute Gasteiger partial charge is 0.464 e. The molecule has 0 radical (unpaired) electrons. The molecule has 1 N–H and O–H groups in total. The summed E-state index contributed by atoms with van der Waals surface area (Å²) < 4.78 is 18.0. The Morgan fingerprint density at radius 3 is 2.83 bits per heavy atom. The summed E-state index contributed by atoms with van der Waals surface area (Å²) in [6.45, 7) is 3.88. The van der Waals surface area contributed by atoms with Gasteiger partial charge < -0.3 is 10.1 Å². The lowest BCUT2D eigenvalue weighted by Gasteiger charge is -2.16. The molecule has 0 bridgehead atoms. The fourth-order valence-electron chi connectivity index (χ4n) is 1.47. The van der Waals surface area contributed by atoms with Gasteiger partial charge in [0.15, 0.2) is 0 Å². The van der Waals surface area contributed by atoms with Gasteiger partial charge >= 0.3 is 5.97 Å². The molecule has 18 heavy (non-hydrogen) atoms. The van der Waals surface area contributed by atoms with Crippen LogP contribution in [-0.2, 0) is 9.53 Å². The second-order valence-electron chi connectivity index (χ2n) is 3.66. The van der Waals surface area contributed by atoms with Crippen LogP contribution in [0, 0.1) is 17.1 Å². The molecule has 0 fully saturated rings. The SMILES string of the molecule is CCOC(=O)C(CC)Nc1ccc(F)c(C#N)c1. The van der Waals surface area contributed by atoms with E-state index < -0.39 is 11.9 Å². The van der Waals surface area contributed by atoms with Crippen LogP contribution in [-0.4, -0.2) is 18.6 Å². The Morgan fingerprint density at radius 2 is 2.28 bits per heavy atom. The summed E-state index contributed by atoms with van der Waals surface area (Å²) in [6.07, 6.45) is 0.540. The molecule has 4 nitrogen and oxygen atoms in total. The third kappa shape index (κ3) is 3.45. The Kier molecular flexibility index (Phi) is 5.12. The van der Waals surface area contributed by atoms with Gasteiger partial charge in [-0.25, -0.2) is 9.18 Å². The molecule has 0 aliphatic carbocycles. The molecule has 1 aromatic carbocycles. The van der Waals surface area contributed by atoms with E-state index in [2.05, 4.69) is 5.32 Å². The van der Waals surface area contributed by atoms with Crippen molar-refractivity contribution in [1.82, 2.24) is 0 Å². The topological polar surface area (TPSA) is 62.1 Å². The van der Waals surface area contributed by atoms with Crippen molar-refractivity contribution in [2.24, 2.45) is 0 Å². The minimum absolute atomic E-state index is 0.0567. The zero-order valence-electron chi connectivity index (χ0n) is 10.4. The maximum atomic E-state index is 13.1. The van der Waals surface area contributed by atoms with Crippen molar-refractivity contribution in [1.29, 1.82) is 5.26 Å². The highest BCUT2D eigenvalue weighted by molar-refractivity contribution is 5.79. The molecule has 96 valence electrons. The number of carbonyl (C=O) groups is 1. The number of hydrogen-bond acceptors (Lipinski definition) is 4. The third-order valence-corrected chi connectivity index (χ3v) is 2.41. The number of rotatable bonds is 5. The Bertz CT molecular complexity index is 469. The van der Waals surface area contributed by atoms with E-state index in [4.69, 9.17) is 10.00 Å². The zero-order valence-corrected chi connectivity index (χ0v) is 10.4. The lowest BCUT2D eigenvalue weighted by molar-refractivity contribution is -0.144. The summed E-state index contributed by atoms with van der Waals surface area (Å²) in [5, 5.41) is 11.6. The first-order chi connectivity index (χ1) is 8.62. The Hall–Kier alpha value is -2.09. The van der Waals surface area contributed by atoms with Crippen LogP contribution in [0.25, 0.3) is 0 Å². The van der Waals surface area contributed by atoms with Gasteiger partial charge in [0, 0.05) is 5.69 Å². The Balaban J connectivity index is 2.82. The van der Waals surface area contributed by atoms with Gasteiger partial charge in [-0.15, -0.1) is 0 Å². The maximum Gasteiger partial charge on any atom is 0.328 e. The molecule has 1 unspecified atom stereocenters. The van der Waals surface area contributed by atoms with Crippen molar-refractivity contribution in [3.63, 3.8) is 0 Å². The second-order valence-corrected chi connectivity index (χ2v) is 3.66. The lowest BCUT2D eigenvalue weighted by atomic mass is 10.1. The molecular weight excluding hydrogens is 235 g/mol. The van der Waals surface area contributed by atoms with Gasteiger partial charge in [0.25, 0.3) is 0 Å². The highest BCUT2D eigenvalue weighted by Crippen LogP contribution is 2.16. The van der Waals surface area contributed by atoms with E-state index in [9.17, 15) is 9.18 Å². The maximum absolute atomic E-state index is 13.1. The van der Waals surface area contributed by atoms with E-state index in [-0.39, 0.29) is 11.5 Å². The number of carbonyl (C=O) groups excluding carboxylic acids is 1. The van der Waals surface area contributed by atoms with Crippen LogP contribution >= 0.6 is 0 Å². The van der Waals surface area contributed by atoms with E-state index in [1.54, 1.807) is 13.0 Å². The van der Waals surface area contributed by atoms with Crippen molar-refractivity contribution in [3.05, 3.63) is 29.6 Å². The first-order valence-corrected chi connectivity index (χ1v) is 5.75. The summed E-state index contributed by atoms with van der Waals surface area (Å²) in [5.74, 6) is -0.935. The number of hydrogen-bond donors (Lipinski definition) is 1. The van der Waals surface area contributed by atoms with Crippen molar-refractivity contribution in [3.8, 4) is 6.07 Å². The molecule has 1 rings (SSSR count). The average Bonchev–Trinajstić information content (AvgIpc) is 2.37. The van der Waals surface area contributed by atoms with Gasteiger partial charge in [0.1, 0.15) is 17.9 Å². The van der Waals surface area contributed by atoms with Gasteiger partial charge in [-0.2, -0.15) is 5.26 Å². The fraction of sp³-hybridized carbons (Fsp3) is 0.385. The predicted molar refractivity (Wildman–Crippen MR) is 65.4 cm³/mol. The van der Waals surface area contributed by atoms with Crippen LogP contribution in [0.4, 0.5) is 10.1 Å². The van der Waals surface area contributed by atoms with Crippen molar-refractivity contribution >= 4 is 11.7 Å². The quantitative estimate of drug-likeness (QED) is 0.815. The summed E-state index contributed by atoms with van der Waals surface area (Å²) >= 11 is 0. The second kappa shape index (κ2) is 6.60. The standard InChI is InChI=1S/C13H15FN2O2/c1-3-12(13(17)18-4-2)16-10-5-6-11(14)9(7-10)8-15/h5-7,12,16H,3-4H2,1-2H3. The van der Waals surface area contributed by atoms with Crippen molar-refractivity contribution in [2.45, 2.75) is 26.3 Å². The van der Waals surface area contributed by atoms with E-state index in [1.165, 1.54) is 18.2 Å². The summed E-state index contributed by atoms with van der Waals surface area (Å²) in [5.41, 5.74) is 0.464. The highest BCUT2D eigenvalue weighted by atomic mass is 19.1. The molecule has 0 aliphatic rings. The molecule has 0 spiro atoms. The van der Waals surface area contributed by atoms with Gasteiger partial charge in [0.2, 0.25) is 0 Å². The van der Waals surface area contributed by atoms with Crippen LogP contribution < -0.4 is 5.32 Å². The van der Waals surface area contributed by atoms with Crippen LogP contribution in [0.2, 0.25) is 0 Å². The first kappa shape index (κ1) is 14.0. The van der Waals surface area contributed by atoms with Crippen molar-refractivity contribution in [2.75, 3.05) is 11.9 Å². The number of esters is 1. The Morgan fingerprint density at radius 1 is 1.56 bits per heavy atom. The minimum Gasteiger partial charge on any atom is -0.464 e. The number of nitriles is 1. The number of ether oxygens (including phenoxy) is 1. The summed E-state index contributed by atoms with van der Waals surface area (Å²) in [6, 6.07) is 5.30. The fourth-order valence-corrected chi connectivity index (χ4v) is 1.47. The van der Waals surface area contributed by atoms with Crippen LogP contribution in [0.5, 0.6) is 0 Å². The third-order valence-electron chi connectivity index (χ3n) is 2.41. The summed E-state index contributed by atoms with van der Waals surface area (Å²) in [4.78, 5) is 11.6. The smallest absolute Gasteiger partial charge is 0.328 e. The van der Waals surface area contributed by atoms with Gasteiger partial charge in [0.05, 0.1) is 12.2 Å². The molecule has 0 saturated heterocycles. The normalized spacial score (nSPS) is 11.4. The van der Waals surface area contributed by atoms with Crippen LogP contribution in [0.15, 0.2) is 18.2 Å². The number of anilines is 1. The van der Waals surface area contributed by atoms with Crippen LogP contribution in [0.3, 0.4) is 0 Å². The van der Waals surface area contributed by atoms with E-state index in [0.717, 1.165) is 0 Å². The molecule has 1 atom stereocenters. The molecule has 0 aromatic heterocycles. The lowest BCUT2D eigenvalue weighted by Crippen LogP contribution is -2.30. The predicted octanol–water partition coefficient (Wildman–Crippen LogP) is 2.45. The van der Waals surface area contributed by atoms with Gasteiger partial charge in [-0.1, -0.05) is 6.92 Å². The number of nitrogens with zero attached hydrogens (tertiary/aromatic N) is 1. The first-order valence-electron chi connectivity index (χ1n) is 5.75. The molecule has 5 heteroatoms. The van der Waals surface area contributed by atoms with Crippen LogP contribution in [0.1, 0.15) is 25.8 Å². The molecule has 0 heterocycles. The molecule has 0 amide bonds. The number of benzene rings is 1. The monoisotopic (exact) mass is 250 g/mol. The van der Waals surface area contributed by atoms with E-state index >= 15 is 0 Å². The highest BCUT2D eigenvalue weighted by Gasteiger charge is 2.17. The molecular formula is C13H15FN2O2. The van der Waals surface area contributed by atoms with Gasteiger partial charge in [-0.05, 0) is 31.5 Å². The van der Waals surface area contributed by atoms with Gasteiger partial charge in [-0.3, -0.25) is 0 Å². The van der Waals surface area contributed by atoms with Crippen molar-refractivity contribution < 1.29 is 13.9 Å². The summed E-state index contributed by atoms with van der Waals surface area (Å²) in [7, 11) is 0. The molecule has 0 aliphatic heterocycles. The number of halogens is 1. The number of nitrogens with one attached hydrogen (secondary N) is 1.